The summed E-state index contributed by atoms with van der Waals surface area (Å²) in [5.74, 6) is -0.800. The number of hydrogen-bond acceptors (Lipinski definition) is 6. The number of halogens is 1. The van der Waals surface area contributed by atoms with Gasteiger partial charge in [-0.25, -0.2) is 9.18 Å². The number of nitrogens with one attached hydrogen (secondary N) is 1. The number of thiophene rings is 1. The van der Waals surface area contributed by atoms with E-state index in [2.05, 4.69) is 4.98 Å². The van der Waals surface area contributed by atoms with E-state index in [4.69, 9.17) is 9.47 Å². The van der Waals surface area contributed by atoms with Gasteiger partial charge in [0.25, 0.3) is 5.56 Å². The molecule has 3 aromatic rings. The highest BCUT2D eigenvalue weighted by Gasteiger charge is 2.15. The summed E-state index contributed by atoms with van der Waals surface area (Å²) in [6.45, 7) is 1.32. The molecule has 2 aromatic heterocycles. The van der Waals surface area contributed by atoms with Crippen LogP contribution in [0.4, 0.5) is 4.39 Å². The maximum Gasteiger partial charge on any atom is 0.330 e. The van der Waals surface area contributed by atoms with Crippen molar-refractivity contribution in [1.29, 1.82) is 0 Å². The number of esters is 1. The van der Waals surface area contributed by atoms with Gasteiger partial charge in [0.1, 0.15) is 23.9 Å². The molecule has 9 heteroatoms. The summed E-state index contributed by atoms with van der Waals surface area (Å²) in [5, 5.41) is 1.74. The maximum atomic E-state index is 13.2. The van der Waals surface area contributed by atoms with Crippen molar-refractivity contribution in [3.63, 3.8) is 0 Å². The van der Waals surface area contributed by atoms with Crippen LogP contribution in [0.15, 0.2) is 39.2 Å². The Bertz CT molecular complexity index is 1050. The van der Waals surface area contributed by atoms with Crippen molar-refractivity contribution in [2.24, 2.45) is 0 Å². The minimum Gasteiger partial charge on any atom is -0.463 e. The van der Waals surface area contributed by atoms with Gasteiger partial charge in [0.2, 0.25) is 0 Å². The van der Waals surface area contributed by atoms with Crippen LogP contribution in [0, 0.1) is 5.82 Å². The Morgan fingerprint density at radius 1 is 1.23 bits per heavy atom. The second kappa shape index (κ2) is 7.63. The Labute approximate surface area is 150 Å². The molecule has 0 saturated heterocycles. The number of aromatic nitrogens is 2. The lowest BCUT2D eigenvalue weighted by atomic mass is 10.1. The summed E-state index contributed by atoms with van der Waals surface area (Å²) >= 11 is 1.19. The fourth-order valence-electron chi connectivity index (χ4n) is 2.46. The number of aromatic amines is 1. The molecular formula is C17H15FN2O5S. The predicted octanol–water partition coefficient (Wildman–Crippen LogP) is 2.09. The summed E-state index contributed by atoms with van der Waals surface area (Å²) in [4.78, 5) is 37.3. The van der Waals surface area contributed by atoms with E-state index in [-0.39, 0.29) is 25.8 Å². The lowest BCUT2D eigenvalue weighted by Gasteiger charge is -2.10. The monoisotopic (exact) mass is 378 g/mol. The molecule has 0 radical (unpaired) electrons. The number of nitrogens with zero attached hydrogens (tertiary/aromatic N) is 1. The SMILES string of the molecule is CC(=O)OCCOCn1c(=O)[nH]c(=O)c2scc(-c3ccc(F)cc3)c21. The summed E-state index contributed by atoms with van der Waals surface area (Å²) in [7, 11) is 0. The molecule has 0 amide bonds. The molecule has 0 aliphatic heterocycles. The first-order chi connectivity index (χ1) is 12.5. The van der Waals surface area contributed by atoms with E-state index in [1.807, 2.05) is 0 Å². The molecule has 0 atom stereocenters. The van der Waals surface area contributed by atoms with Crippen molar-refractivity contribution in [1.82, 2.24) is 9.55 Å². The van der Waals surface area contributed by atoms with Crippen LogP contribution in [0.25, 0.3) is 21.3 Å². The van der Waals surface area contributed by atoms with Crippen LogP contribution in [0.2, 0.25) is 0 Å². The Morgan fingerprint density at radius 2 is 1.96 bits per heavy atom. The standard InChI is InChI=1S/C17H15FN2O5S/c1-10(21)25-7-6-24-9-20-14-13(11-2-4-12(18)5-3-11)8-26-15(14)16(22)19-17(20)23/h2-5,8H,6-7,9H2,1H3,(H,19,22,23). The normalized spacial score (nSPS) is 11.0. The summed E-state index contributed by atoms with van der Waals surface area (Å²) < 4.78 is 25.0. The van der Waals surface area contributed by atoms with Crippen LogP contribution in [0.5, 0.6) is 0 Å². The van der Waals surface area contributed by atoms with Crippen molar-refractivity contribution < 1.29 is 18.7 Å². The van der Waals surface area contributed by atoms with Crippen molar-refractivity contribution in [2.45, 2.75) is 13.7 Å². The van der Waals surface area contributed by atoms with Gasteiger partial charge in [-0.05, 0) is 17.7 Å². The van der Waals surface area contributed by atoms with Gasteiger partial charge in [-0.1, -0.05) is 12.1 Å². The molecule has 0 aliphatic carbocycles. The zero-order chi connectivity index (χ0) is 18.7. The topological polar surface area (TPSA) is 90.4 Å². The van der Waals surface area contributed by atoms with Crippen molar-refractivity contribution in [2.75, 3.05) is 13.2 Å². The average molecular weight is 378 g/mol. The molecule has 2 heterocycles. The second-order valence-corrected chi connectivity index (χ2v) is 6.28. The first-order valence-electron chi connectivity index (χ1n) is 7.68. The number of hydrogen-bond donors (Lipinski definition) is 1. The van der Waals surface area contributed by atoms with Gasteiger partial charge in [0.15, 0.2) is 0 Å². The van der Waals surface area contributed by atoms with E-state index in [0.29, 0.717) is 21.3 Å². The number of ether oxygens (including phenoxy) is 2. The second-order valence-electron chi connectivity index (χ2n) is 5.40. The van der Waals surface area contributed by atoms with Crippen LogP contribution in [-0.2, 0) is 21.0 Å². The maximum absolute atomic E-state index is 13.2. The number of fused-ring (bicyclic) bond motifs is 1. The zero-order valence-corrected chi connectivity index (χ0v) is 14.6. The molecule has 3 rings (SSSR count). The molecule has 0 aliphatic rings. The van der Waals surface area contributed by atoms with Gasteiger partial charge in [0.05, 0.1) is 12.1 Å². The number of carbonyl (C=O) groups excluding carboxylic acids is 1. The highest BCUT2D eigenvalue weighted by molar-refractivity contribution is 7.17. The highest BCUT2D eigenvalue weighted by atomic mass is 32.1. The first-order valence-corrected chi connectivity index (χ1v) is 8.56. The lowest BCUT2D eigenvalue weighted by Crippen LogP contribution is -2.30. The van der Waals surface area contributed by atoms with Gasteiger partial charge < -0.3 is 9.47 Å². The molecule has 0 saturated carbocycles. The van der Waals surface area contributed by atoms with Crippen LogP contribution < -0.4 is 11.2 Å². The van der Waals surface area contributed by atoms with Gasteiger partial charge in [0, 0.05) is 17.9 Å². The average Bonchev–Trinajstić information content (AvgIpc) is 3.03. The van der Waals surface area contributed by atoms with Crippen LogP contribution >= 0.6 is 11.3 Å². The van der Waals surface area contributed by atoms with Gasteiger partial charge in [-0.15, -0.1) is 11.3 Å². The van der Waals surface area contributed by atoms with Crippen LogP contribution in [-0.4, -0.2) is 28.7 Å². The van der Waals surface area contributed by atoms with E-state index >= 15 is 0 Å². The molecule has 0 fully saturated rings. The zero-order valence-electron chi connectivity index (χ0n) is 13.8. The Hall–Kier alpha value is -2.78. The van der Waals surface area contributed by atoms with Gasteiger partial charge in [-0.2, -0.15) is 0 Å². The molecule has 1 N–H and O–H groups in total. The van der Waals surface area contributed by atoms with E-state index < -0.39 is 17.2 Å². The number of H-pyrrole nitrogens is 1. The molecule has 1 aromatic carbocycles. The smallest absolute Gasteiger partial charge is 0.330 e. The Kier molecular flexibility index (Phi) is 5.29. The van der Waals surface area contributed by atoms with Crippen LogP contribution in [0.1, 0.15) is 6.92 Å². The number of rotatable bonds is 6. The van der Waals surface area contributed by atoms with E-state index in [9.17, 15) is 18.8 Å². The van der Waals surface area contributed by atoms with Crippen molar-refractivity contribution in [3.8, 4) is 11.1 Å². The summed E-state index contributed by atoms with van der Waals surface area (Å²) in [5.41, 5.74) is 0.632. The third kappa shape index (κ3) is 3.73. The molecule has 0 unspecified atom stereocenters. The lowest BCUT2D eigenvalue weighted by molar-refractivity contribution is -0.142. The largest absolute Gasteiger partial charge is 0.463 e. The Balaban J connectivity index is 1.98. The molecule has 26 heavy (non-hydrogen) atoms. The fourth-order valence-corrected chi connectivity index (χ4v) is 3.43. The molecule has 7 nitrogen and oxygen atoms in total. The minimum atomic E-state index is -0.614. The van der Waals surface area contributed by atoms with E-state index in [0.717, 1.165) is 0 Å². The molecule has 0 spiro atoms. The third-order valence-corrected chi connectivity index (χ3v) is 4.58. The Morgan fingerprint density at radius 3 is 2.65 bits per heavy atom. The van der Waals surface area contributed by atoms with Crippen molar-refractivity contribution >= 4 is 27.5 Å². The quantitative estimate of drug-likeness (QED) is 0.524. The molecular weight excluding hydrogens is 363 g/mol. The summed E-state index contributed by atoms with van der Waals surface area (Å²) in [6, 6.07) is 5.77. The molecule has 136 valence electrons. The predicted molar refractivity (Wildman–Crippen MR) is 94.7 cm³/mol. The fraction of sp³-hybridized carbons (Fsp3) is 0.235. The molecule has 0 bridgehead atoms. The van der Waals surface area contributed by atoms with Gasteiger partial charge in [-0.3, -0.25) is 19.1 Å². The van der Waals surface area contributed by atoms with Gasteiger partial charge >= 0.3 is 11.7 Å². The highest BCUT2D eigenvalue weighted by Crippen LogP contribution is 2.31. The van der Waals surface area contributed by atoms with Crippen LogP contribution in [0.3, 0.4) is 0 Å². The number of benzene rings is 1. The summed E-state index contributed by atoms with van der Waals surface area (Å²) in [6.07, 6.45) is 0. The van der Waals surface area contributed by atoms with E-state index in [1.165, 1.54) is 35.0 Å². The van der Waals surface area contributed by atoms with Crippen molar-refractivity contribution in [3.05, 3.63) is 56.3 Å². The number of carbonyl (C=O) groups is 1. The minimum absolute atomic E-state index is 0.0606. The third-order valence-electron chi connectivity index (χ3n) is 3.62. The first kappa shape index (κ1) is 18.0. The van der Waals surface area contributed by atoms with E-state index in [1.54, 1.807) is 17.5 Å².